The normalized spacial score (nSPS) is 12.3. The Balaban J connectivity index is 2.23. The van der Waals surface area contributed by atoms with Gasteiger partial charge < -0.3 is 14.8 Å². The van der Waals surface area contributed by atoms with Gasteiger partial charge in [-0.2, -0.15) is 8.78 Å². The van der Waals surface area contributed by atoms with Crippen LogP contribution in [0.4, 0.5) is 14.5 Å². The molecule has 2 aromatic rings. The molecule has 114 valence electrons. The van der Waals surface area contributed by atoms with E-state index in [4.69, 9.17) is 16.3 Å². The topological polar surface area (TPSA) is 30.5 Å². The number of rotatable bonds is 6. The Kier molecular flexibility index (Phi) is 5.25. The summed E-state index contributed by atoms with van der Waals surface area (Å²) in [4.78, 5) is 0.991. The van der Waals surface area contributed by atoms with Crippen LogP contribution in [0.25, 0.3) is 0 Å². The molecule has 0 bridgehead atoms. The summed E-state index contributed by atoms with van der Waals surface area (Å²) in [6.07, 6.45) is 0. The maximum atomic E-state index is 12.5. The Morgan fingerprint density at radius 2 is 2.00 bits per heavy atom. The molecule has 0 aliphatic rings. The molecular weight excluding hydrogens is 320 g/mol. The van der Waals surface area contributed by atoms with Crippen molar-refractivity contribution in [3.8, 4) is 11.5 Å². The van der Waals surface area contributed by atoms with Gasteiger partial charge in [0.2, 0.25) is 0 Å². The Morgan fingerprint density at radius 1 is 1.24 bits per heavy atom. The predicted octanol–water partition coefficient (Wildman–Crippen LogP) is 5.18. The summed E-state index contributed by atoms with van der Waals surface area (Å²) in [6, 6.07) is 8.20. The van der Waals surface area contributed by atoms with E-state index in [0.29, 0.717) is 15.8 Å². The molecule has 1 unspecified atom stereocenters. The van der Waals surface area contributed by atoms with Gasteiger partial charge in [-0.3, -0.25) is 0 Å². The van der Waals surface area contributed by atoms with Gasteiger partial charge >= 0.3 is 6.61 Å². The van der Waals surface area contributed by atoms with E-state index in [-0.39, 0.29) is 11.8 Å². The van der Waals surface area contributed by atoms with E-state index in [1.54, 1.807) is 18.2 Å². The second-order valence-corrected chi connectivity index (χ2v) is 6.00. The van der Waals surface area contributed by atoms with Crippen LogP contribution in [0.2, 0.25) is 4.34 Å². The highest BCUT2D eigenvalue weighted by atomic mass is 35.5. The number of halogens is 3. The zero-order valence-electron chi connectivity index (χ0n) is 11.4. The molecule has 0 saturated heterocycles. The molecule has 1 N–H and O–H groups in total. The summed E-state index contributed by atoms with van der Waals surface area (Å²) in [5.74, 6) is 0.621. The first-order valence-corrected chi connectivity index (χ1v) is 7.33. The van der Waals surface area contributed by atoms with E-state index in [0.717, 1.165) is 4.88 Å². The highest BCUT2D eigenvalue weighted by molar-refractivity contribution is 7.16. The Hall–Kier alpha value is -1.53. The summed E-state index contributed by atoms with van der Waals surface area (Å²) in [5.41, 5.74) is 0.437. The quantitative estimate of drug-likeness (QED) is 0.789. The number of hydrogen-bond acceptors (Lipinski definition) is 4. The van der Waals surface area contributed by atoms with E-state index in [1.807, 2.05) is 13.0 Å². The van der Waals surface area contributed by atoms with E-state index in [1.165, 1.54) is 24.5 Å². The van der Waals surface area contributed by atoms with Crippen LogP contribution in [-0.4, -0.2) is 13.7 Å². The SMILES string of the molecule is COc1ccc(OC(F)F)c(NC(C)c2ccc(Cl)s2)c1. The van der Waals surface area contributed by atoms with E-state index in [9.17, 15) is 8.78 Å². The number of benzene rings is 1. The maximum absolute atomic E-state index is 12.5. The minimum atomic E-state index is -2.88. The lowest BCUT2D eigenvalue weighted by Gasteiger charge is -2.18. The highest BCUT2D eigenvalue weighted by Crippen LogP contribution is 2.35. The van der Waals surface area contributed by atoms with Crippen LogP contribution in [-0.2, 0) is 0 Å². The largest absolute Gasteiger partial charge is 0.497 e. The summed E-state index contributed by atoms with van der Waals surface area (Å²) >= 11 is 7.33. The van der Waals surface area contributed by atoms with Crippen LogP contribution >= 0.6 is 22.9 Å². The Labute approximate surface area is 130 Å². The van der Waals surface area contributed by atoms with Crippen molar-refractivity contribution in [2.24, 2.45) is 0 Å². The van der Waals surface area contributed by atoms with Crippen molar-refractivity contribution in [2.75, 3.05) is 12.4 Å². The number of anilines is 1. The zero-order chi connectivity index (χ0) is 15.4. The molecule has 0 fully saturated rings. The smallest absolute Gasteiger partial charge is 0.387 e. The summed E-state index contributed by atoms with van der Waals surface area (Å²) < 4.78 is 35.2. The van der Waals surface area contributed by atoms with Crippen LogP contribution in [0.5, 0.6) is 11.5 Å². The molecule has 1 aromatic heterocycles. The fraction of sp³-hybridized carbons (Fsp3) is 0.286. The predicted molar refractivity (Wildman–Crippen MR) is 81.0 cm³/mol. The molecule has 1 heterocycles. The van der Waals surface area contributed by atoms with Gasteiger partial charge in [0.25, 0.3) is 0 Å². The molecule has 0 aliphatic heterocycles. The summed E-state index contributed by atoms with van der Waals surface area (Å²) in [5, 5.41) is 3.13. The molecule has 0 spiro atoms. The van der Waals surface area contributed by atoms with Crippen LogP contribution < -0.4 is 14.8 Å². The molecule has 3 nitrogen and oxygen atoms in total. The molecule has 0 saturated carbocycles. The second kappa shape index (κ2) is 6.95. The van der Waals surface area contributed by atoms with Crippen molar-refractivity contribution < 1.29 is 18.3 Å². The van der Waals surface area contributed by atoms with Gasteiger partial charge in [0, 0.05) is 10.9 Å². The third-order valence-corrected chi connectivity index (χ3v) is 4.21. The number of alkyl halides is 2. The Bertz CT molecular complexity index is 606. The molecule has 0 aliphatic carbocycles. The molecule has 0 amide bonds. The van der Waals surface area contributed by atoms with Gasteiger partial charge in [0.05, 0.1) is 23.2 Å². The van der Waals surface area contributed by atoms with Crippen molar-refractivity contribution in [2.45, 2.75) is 19.6 Å². The maximum Gasteiger partial charge on any atom is 0.387 e. The molecule has 1 atom stereocenters. The molecule has 0 radical (unpaired) electrons. The molecule has 1 aromatic carbocycles. The van der Waals surface area contributed by atoms with Gasteiger partial charge in [-0.15, -0.1) is 11.3 Å². The lowest BCUT2D eigenvalue weighted by Crippen LogP contribution is -2.09. The van der Waals surface area contributed by atoms with Crippen LogP contribution in [0.15, 0.2) is 30.3 Å². The highest BCUT2D eigenvalue weighted by Gasteiger charge is 2.15. The first-order valence-electron chi connectivity index (χ1n) is 6.14. The zero-order valence-corrected chi connectivity index (χ0v) is 13.0. The minimum absolute atomic E-state index is 0.0697. The second-order valence-electron chi connectivity index (χ2n) is 4.25. The number of thiophene rings is 1. The van der Waals surface area contributed by atoms with Crippen molar-refractivity contribution in [1.29, 1.82) is 0 Å². The average molecular weight is 334 g/mol. The van der Waals surface area contributed by atoms with Crippen LogP contribution in [0.3, 0.4) is 0 Å². The van der Waals surface area contributed by atoms with Gasteiger partial charge in [-0.05, 0) is 31.2 Å². The van der Waals surface area contributed by atoms with E-state index >= 15 is 0 Å². The average Bonchev–Trinajstić information content (AvgIpc) is 2.87. The fourth-order valence-corrected chi connectivity index (χ4v) is 2.88. The fourth-order valence-electron chi connectivity index (χ4n) is 1.81. The molecule has 7 heteroatoms. The number of methoxy groups -OCH3 is 1. The van der Waals surface area contributed by atoms with E-state index in [2.05, 4.69) is 10.1 Å². The third-order valence-electron chi connectivity index (χ3n) is 2.80. The monoisotopic (exact) mass is 333 g/mol. The van der Waals surface area contributed by atoms with Gasteiger partial charge in [0.15, 0.2) is 0 Å². The van der Waals surface area contributed by atoms with Crippen molar-refractivity contribution in [3.63, 3.8) is 0 Å². The minimum Gasteiger partial charge on any atom is -0.497 e. The number of nitrogens with one attached hydrogen (secondary N) is 1. The molecular formula is C14H14ClF2NO2S. The Morgan fingerprint density at radius 3 is 2.57 bits per heavy atom. The number of hydrogen-bond donors (Lipinski definition) is 1. The molecule has 2 rings (SSSR count). The van der Waals surface area contributed by atoms with Crippen LogP contribution in [0.1, 0.15) is 17.8 Å². The van der Waals surface area contributed by atoms with Crippen molar-refractivity contribution in [1.82, 2.24) is 0 Å². The first kappa shape index (κ1) is 15.9. The van der Waals surface area contributed by atoms with Crippen LogP contribution in [0, 0.1) is 0 Å². The standard InChI is InChI=1S/C14H14ClF2NO2S/c1-8(12-5-6-13(15)21-12)18-10-7-9(19-2)3-4-11(10)20-14(16)17/h3-8,14,18H,1-2H3. The lowest BCUT2D eigenvalue weighted by molar-refractivity contribution is -0.0494. The van der Waals surface area contributed by atoms with Gasteiger partial charge in [0.1, 0.15) is 11.5 Å². The third kappa shape index (κ3) is 4.22. The molecule has 21 heavy (non-hydrogen) atoms. The summed E-state index contributed by atoms with van der Waals surface area (Å²) in [6.45, 7) is -0.973. The van der Waals surface area contributed by atoms with Gasteiger partial charge in [-0.1, -0.05) is 11.6 Å². The summed E-state index contributed by atoms with van der Waals surface area (Å²) in [7, 11) is 1.51. The van der Waals surface area contributed by atoms with Gasteiger partial charge in [-0.25, -0.2) is 0 Å². The van der Waals surface area contributed by atoms with E-state index < -0.39 is 6.61 Å². The van der Waals surface area contributed by atoms with Crippen molar-refractivity contribution in [3.05, 3.63) is 39.5 Å². The number of ether oxygens (including phenoxy) is 2. The van der Waals surface area contributed by atoms with Crippen molar-refractivity contribution >= 4 is 28.6 Å². The first-order chi connectivity index (χ1) is 9.99. The lowest BCUT2D eigenvalue weighted by atomic mass is 10.2.